The molecule has 0 radical (unpaired) electrons. The zero-order valence-electron chi connectivity index (χ0n) is 15.4. The third-order valence-electron chi connectivity index (χ3n) is 5.37. The quantitative estimate of drug-likeness (QED) is 0.757. The van der Waals surface area contributed by atoms with E-state index in [1.807, 2.05) is 52.3 Å². The number of nitrogens with one attached hydrogen (secondary N) is 1. The Kier molecular flexibility index (Phi) is 5.32. The highest BCUT2D eigenvalue weighted by molar-refractivity contribution is 5.74. The second-order valence-corrected chi connectivity index (χ2v) is 7.22. The highest BCUT2D eigenvalue weighted by Crippen LogP contribution is 2.22. The van der Waals surface area contributed by atoms with Crippen molar-refractivity contribution >= 4 is 11.7 Å². The summed E-state index contributed by atoms with van der Waals surface area (Å²) in [5.41, 5.74) is 3.26. The molecular formula is C21H25N5O. The number of piperidine rings is 1. The lowest BCUT2D eigenvalue weighted by Gasteiger charge is -2.32. The fourth-order valence-electron chi connectivity index (χ4n) is 3.69. The molecule has 0 atom stereocenters. The molecule has 6 nitrogen and oxygen atoms in total. The van der Waals surface area contributed by atoms with E-state index in [9.17, 15) is 4.79 Å². The molecule has 0 spiro atoms. The van der Waals surface area contributed by atoms with Gasteiger partial charge in [-0.25, -0.2) is 9.78 Å². The molecule has 3 aromatic heterocycles. The monoisotopic (exact) mass is 363 g/mol. The third kappa shape index (κ3) is 4.45. The van der Waals surface area contributed by atoms with Crippen LogP contribution >= 0.6 is 0 Å². The van der Waals surface area contributed by atoms with Crippen LogP contribution in [0.3, 0.4) is 0 Å². The molecule has 27 heavy (non-hydrogen) atoms. The molecule has 6 heteroatoms. The van der Waals surface area contributed by atoms with E-state index in [1.54, 1.807) is 6.20 Å². The SMILES string of the molecule is O=C(NCc1ccn2ccnc2c1)N1CCC(CCc2cccnc2)CC1. The third-order valence-corrected chi connectivity index (χ3v) is 5.37. The summed E-state index contributed by atoms with van der Waals surface area (Å²) in [5, 5.41) is 3.04. The predicted octanol–water partition coefficient (Wildman–Crippen LogP) is 3.28. The van der Waals surface area contributed by atoms with Crippen LogP contribution in [0.15, 0.2) is 55.2 Å². The number of pyridine rings is 2. The minimum atomic E-state index is 0.0314. The number of nitrogens with zero attached hydrogens (tertiary/aromatic N) is 4. The number of aryl methyl sites for hydroxylation is 1. The predicted molar refractivity (Wildman–Crippen MR) is 104 cm³/mol. The molecule has 0 aromatic carbocycles. The van der Waals surface area contributed by atoms with E-state index in [2.05, 4.69) is 21.4 Å². The molecule has 2 amide bonds. The van der Waals surface area contributed by atoms with E-state index in [-0.39, 0.29) is 6.03 Å². The Labute approximate surface area is 159 Å². The zero-order chi connectivity index (χ0) is 18.5. The van der Waals surface area contributed by atoms with Crippen LogP contribution in [0, 0.1) is 5.92 Å². The number of carbonyl (C=O) groups excluding carboxylic acids is 1. The fraction of sp³-hybridized carbons (Fsp3) is 0.381. The number of imidazole rings is 1. The lowest BCUT2D eigenvalue weighted by Crippen LogP contribution is -2.44. The molecule has 1 N–H and O–H groups in total. The number of fused-ring (bicyclic) bond motifs is 1. The Morgan fingerprint density at radius 2 is 2.04 bits per heavy atom. The topological polar surface area (TPSA) is 62.5 Å². The van der Waals surface area contributed by atoms with E-state index in [1.165, 1.54) is 12.0 Å². The van der Waals surface area contributed by atoms with Gasteiger partial charge in [0.25, 0.3) is 0 Å². The van der Waals surface area contributed by atoms with Gasteiger partial charge in [0.05, 0.1) is 0 Å². The standard InChI is InChI=1S/C21H25N5O/c27-21(24-16-19-7-10-25-13-9-23-20(25)14-19)26-11-5-17(6-12-26)3-4-18-2-1-8-22-15-18/h1-2,7-10,13-15,17H,3-6,11-12,16H2,(H,24,27). The Morgan fingerprint density at radius 1 is 1.15 bits per heavy atom. The van der Waals surface area contributed by atoms with E-state index in [4.69, 9.17) is 0 Å². The number of rotatable bonds is 5. The number of likely N-dealkylation sites (tertiary alicyclic amines) is 1. The second-order valence-electron chi connectivity index (χ2n) is 7.22. The molecule has 0 saturated carbocycles. The van der Waals surface area contributed by atoms with Crippen LogP contribution < -0.4 is 5.32 Å². The van der Waals surface area contributed by atoms with Crippen molar-refractivity contribution in [2.24, 2.45) is 5.92 Å². The van der Waals surface area contributed by atoms with Gasteiger partial charge >= 0.3 is 6.03 Å². The lowest BCUT2D eigenvalue weighted by atomic mass is 9.91. The number of carbonyl (C=O) groups is 1. The van der Waals surface area contributed by atoms with Gasteiger partial charge in [-0.2, -0.15) is 0 Å². The first kappa shape index (κ1) is 17.5. The van der Waals surface area contributed by atoms with E-state index in [0.29, 0.717) is 12.5 Å². The number of hydrogen-bond acceptors (Lipinski definition) is 3. The first-order valence-corrected chi connectivity index (χ1v) is 9.61. The van der Waals surface area contributed by atoms with Gasteiger partial charge in [-0.15, -0.1) is 0 Å². The summed E-state index contributed by atoms with van der Waals surface area (Å²) in [7, 11) is 0. The Balaban J connectivity index is 1.21. The first-order chi connectivity index (χ1) is 13.3. The number of urea groups is 1. The smallest absolute Gasteiger partial charge is 0.317 e. The van der Waals surface area contributed by atoms with Crippen LogP contribution in [0.1, 0.15) is 30.4 Å². The molecule has 1 fully saturated rings. The van der Waals surface area contributed by atoms with Crippen molar-refractivity contribution in [2.45, 2.75) is 32.2 Å². The van der Waals surface area contributed by atoms with Crippen molar-refractivity contribution in [3.63, 3.8) is 0 Å². The van der Waals surface area contributed by atoms with Crippen molar-refractivity contribution < 1.29 is 4.79 Å². The normalized spacial score (nSPS) is 15.2. The molecular weight excluding hydrogens is 338 g/mol. The molecule has 1 aliphatic rings. The molecule has 0 unspecified atom stereocenters. The average molecular weight is 363 g/mol. The summed E-state index contributed by atoms with van der Waals surface area (Å²) in [6, 6.07) is 8.18. The summed E-state index contributed by atoms with van der Waals surface area (Å²) in [6.45, 7) is 2.20. The Bertz CT molecular complexity index is 884. The Hall–Kier alpha value is -2.89. The summed E-state index contributed by atoms with van der Waals surface area (Å²) >= 11 is 0. The maximum atomic E-state index is 12.5. The molecule has 140 valence electrons. The molecule has 3 aromatic rings. The van der Waals surface area contributed by atoms with Crippen molar-refractivity contribution in [2.75, 3.05) is 13.1 Å². The minimum Gasteiger partial charge on any atom is -0.334 e. The van der Waals surface area contributed by atoms with Gasteiger partial charge in [-0.1, -0.05) is 6.07 Å². The van der Waals surface area contributed by atoms with Crippen molar-refractivity contribution in [1.82, 2.24) is 24.6 Å². The van der Waals surface area contributed by atoms with Crippen molar-refractivity contribution in [3.8, 4) is 0 Å². The maximum absolute atomic E-state index is 12.5. The van der Waals surface area contributed by atoms with Crippen LogP contribution in [-0.4, -0.2) is 38.4 Å². The number of hydrogen-bond donors (Lipinski definition) is 1. The van der Waals surface area contributed by atoms with Crippen LogP contribution in [0.4, 0.5) is 4.79 Å². The Morgan fingerprint density at radius 3 is 2.85 bits per heavy atom. The lowest BCUT2D eigenvalue weighted by molar-refractivity contribution is 0.168. The summed E-state index contributed by atoms with van der Waals surface area (Å²) < 4.78 is 1.96. The van der Waals surface area contributed by atoms with Gasteiger partial charge in [0.1, 0.15) is 5.65 Å². The van der Waals surface area contributed by atoms with Crippen molar-refractivity contribution in [3.05, 3.63) is 66.4 Å². The van der Waals surface area contributed by atoms with Crippen LogP contribution in [-0.2, 0) is 13.0 Å². The molecule has 1 aliphatic heterocycles. The fourth-order valence-corrected chi connectivity index (χ4v) is 3.69. The first-order valence-electron chi connectivity index (χ1n) is 9.61. The average Bonchev–Trinajstić information content (AvgIpc) is 3.19. The van der Waals surface area contributed by atoms with Gasteiger partial charge < -0.3 is 14.6 Å². The van der Waals surface area contributed by atoms with Gasteiger partial charge in [-0.3, -0.25) is 4.98 Å². The van der Waals surface area contributed by atoms with Crippen LogP contribution in [0.25, 0.3) is 5.65 Å². The van der Waals surface area contributed by atoms with Gasteiger partial charge in [0, 0.05) is 50.6 Å². The van der Waals surface area contributed by atoms with Gasteiger partial charge in [-0.05, 0) is 60.9 Å². The van der Waals surface area contributed by atoms with E-state index >= 15 is 0 Å². The maximum Gasteiger partial charge on any atom is 0.317 e. The van der Waals surface area contributed by atoms with Crippen LogP contribution in [0.5, 0.6) is 0 Å². The second kappa shape index (κ2) is 8.20. The van der Waals surface area contributed by atoms with E-state index in [0.717, 1.165) is 43.6 Å². The summed E-state index contributed by atoms with van der Waals surface area (Å²) in [4.78, 5) is 22.9. The largest absolute Gasteiger partial charge is 0.334 e. The molecule has 0 aliphatic carbocycles. The summed E-state index contributed by atoms with van der Waals surface area (Å²) in [6.07, 6.45) is 13.8. The van der Waals surface area contributed by atoms with Gasteiger partial charge in [0.2, 0.25) is 0 Å². The minimum absolute atomic E-state index is 0.0314. The molecule has 1 saturated heterocycles. The molecule has 4 heterocycles. The zero-order valence-corrected chi connectivity index (χ0v) is 15.4. The highest BCUT2D eigenvalue weighted by atomic mass is 16.2. The molecule has 0 bridgehead atoms. The van der Waals surface area contributed by atoms with Crippen LogP contribution in [0.2, 0.25) is 0 Å². The molecule has 4 rings (SSSR count). The number of amides is 2. The van der Waals surface area contributed by atoms with Gasteiger partial charge in [0.15, 0.2) is 0 Å². The van der Waals surface area contributed by atoms with E-state index < -0.39 is 0 Å². The number of aromatic nitrogens is 3. The van der Waals surface area contributed by atoms with Crippen molar-refractivity contribution in [1.29, 1.82) is 0 Å². The summed E-state index contributed by atoms with van der Waals surface area (Å²) in [5.74, 6) is 0.692. The highest BCUT2D eigenvalue weighted by Gasteiger charge is 2.22.